The summed E-state index contributed by atoms with van der Waals surface area (Å²) in [5, 5.41) is 4.42. The fraction of sp³-hybridized carbons (Fsp3) is 0.276. The third kappa shape index (κ3) is 4.47. The first-order valence-electron chi connectivity index (χ1n) is 11.6. The van der Waals surface area contributed by atoms with Gasteiger partial charge in [0.05, 0.1) is 0 Å². The second-order valence-corrected chi connectivity index (χ2v) is 9.23. The minimum Gasteiger partial charge on any atom is -0.353 e. The van der Waals surface area contributed by atoms with Crippen molar-refractivity contribution in [2.45, 2.75) is 51.6 Å². The molecule has 0 aliphatic heterocycles. The molecule has 0 bridgehead atoms. The molecule has 0 radical (unpaired) electrons. The molecule has 1 aliphatic rings. The molecule has 1 saturated carbocycles. The van der Waals surface area contributed by atoms with E-state index in [0.29, 0.717) is 12.5 Å². The molecule has 1 heterocycles. The lowest BCUT2D eigenvalue weighted by Crippen LogP contribution is -2.27. The molecule has 1 N–H and O–H groups in total. The Balaban J connectivity index is 1.56. The average molecular weight is 423 g/mol. The van der Waals surface area contributed by atoms with Gasteiger partial charge in [0.15, 0.2) is 0 Å². The Hall–Kier alpha value is -3.33. The fourth-order valence-electron chi connectivity index (χ4n) is 4.57. The van der Waals surface area contributed by atoms with Crippen molar-refractivity contribution in [3.05, 3.63) is 107 Å². The average Bonchev–Trinajstić information content (AvgIpc) is 3.53. The largest absolute Gasteiger partial charge is 0.353 e. The molecule has 4 aromatic rings. The highest BCUT2D eigenvalue weighted by Gasteiger charge is 2.27. The first kappa shape index (κ1) is 20.6. The van der Waals surface area contributed by atoms with Crippen LogP contribution in [0.5, 0.6) is 0 Å². The quantitative estimate of drug-likeness (QED) is 0.383. The summed E-state index contributed by atoms with van der Waals surface area (Å²) in [7, 11) is 0. The van der Waals surface area contributed by atoms with Crippen LogP contribution in [0.15, 0.2) is 79.0 Å². The van der Waals surface area contributed by atoms with Gasteiger partial charge in [-0.15, -0.1) is 0 Å². The number of nitrogens with zero attached hydrogens (tertiary/aromatic N) is 1. The molecule has 162 valence electrons. The number of carbonyl (C=O) groups excluding carboxylic acids is 1. The Morgan fingerprint density at radius 1 is 0.969 bits per heavy atom. The second-order valence-electron chi connectivity index (χ2n) is 9.23. The number of fused-ring (bicyclic) bond motifs is 1. The Labute approximate surface area is 190 Å². The minimum absolute atomic E-state index is 0.0258. The molecule has 0 unspecified atom stereocenters. The molecule has 0 spiro atoms. The van der Waals surface area contributed by atoms with E-state index in [4.69, 9.17) is 0 Å². The predicted octanol–water partition coefficient (Wildman–Crippen LogP) is 6.11. The van der Waals surface area contributed by atoms with Gasteiger partial charge in [0.25, 0.3) is 0 Å². The Morgan fingerprint density at radius 2 is 1.75 bits per heavy atom. The summed E-state index contributed by atoms with van der Waals surface area (Å²) in [6.07, 6.45) is 4.95. The molecule has 1 aromatic heterocycles. The van der Waals surface area contributed by atoms with E-state index in [0.717, 1.165) is 19.4 Å². The number of aromatic nitrogens is 1. The van der Waals surface area contributed by atoms with E-state index in [2.05, 4.69) is 103 Å². The highest BCUT2D eigenvalue weighted by Crippen LogP contribution is 2.36. The van der Waals surface area contributed by atoms with E-state index in [1.165, 1.54) is 38.7 Å². The molecule has 3 heteroatoms. The fourth-order valence-corrected chi connectivity index (χ4v) is 4.57. The maximum atomic E-state index is 12.9. The molecule has 3 nitrogen and oxygen atoms in total. The summed E-state index contributed by atoms with van der Waals surface area (Å²) >= 11 is 0. The number of nitrogens with one attached hydrogen (secondary N) is 1. The van der Waals surface area contributed by atoms with Crippen molar-refractivity contribution in [2.75, 3.05) is 0 Å². The summed E-state index contributed by atoms with van der Waals surface area (Å²) in [6, 6.07) is 26.3. The number of amides is 1. The summed E-state index contributed by atoms with van der Waals surface area (Å²) in [4.78, 5) is 12.9. The molecule has 5 rings (SSSR count). The summed E-state index contributed by atoms with van der Waals surface area (Å²) < 4.78 is 2.33. The molecule has 1 amide bonds. The van der Waals surface area contributed by atoms with E-state index in [9.17, 15) is 4.79 Å². The lowest BCUT2D eigenvalue weighted by atomic mass is 9.87. The Morgan fingerprint density at radius 3 is 2.50 bits per heavy atom. The van der Waals surface area contributed by atoms with Crippen molar-refractivity contribution in [3.8, 4) is 0 Å². The Bertz CT molecular complexity index is 1250. The van der Waals surface area contributed by atoms with Gasteiger partial charge < -0.3 is 9.88 Å². The topological polar surface area (TPSA) is 34.0 Å². The van der Waals surface area contributed by atoms with Crippen molar-refractivity contribution in [1.29, 1.82) is 0 Å². The van der Waals surface area contributed by atoms with Gasteiger partial charge in [0.1, 0.15) is 0 Å². The molecular formula is C29H30N2O. The molecule has 3 aromatic carbocycles. The van der Waals surface area contributed by atoms with Crippen LogP contribution in [0.25, 0.3) is 10.9 Å². The van der Waals surface area contributed by atoms with Crippen LogP contribution in [-0.2, 0) is 11.3 Å². The second kappa shape index (κ2) is 8.66. The standard InChI is InChI=1S/C29H30N2O/c1-20-10-12-22(13-11-20)18-31-19-27(25-8-3-4-9-28(25)31)26(17-29(32)30-24-14-15-24)23-7-5-6-21(2)16-23/h3-13,16,19,24,26H,14-15,17-18H2,1-2H3,(H,30,32)/t26-/m1/s1. The van der Waals surface area contributed by atoms with Crippen LogP contribution in [0.4, 0.5) is 0 Å². The van der Waals surface area contributed by atoms with Crippen molar-refractivity contribution in [3.63, 3.8) is 0 Å². The van der Waals surface area contributed by atoms with E-state index in [1.54, 1.807) is 0 Å². The molecule has 1 atom stereocenters. The van der Waals surface area contributed by atoms with E-state index < -0.39 is 0 Å². The molecule has 1 fully saturated rings. The number of rotatable bonds is 7. The first-order valence-corrected chi connectivity index (χ1v) is 11.6. The highest BCUT2D eigenvalue weighted by atomic mass is 16.1. The molecule has 1 aliphatic carbocycles. The highest BCUT2D eigenvalue weighted by molar-refractivity contribution is 5.87. The zero-order valence-electron chi connectivity index (χ0n) is 18.8. The summed E-state index contributed by atoms with van der Waals surface area (Å²) in [6.45, 7) is 5.05. The number of hydrogen-bond donors (Lipinski definition) is 1. The monoisotopic (exact) mass is 422 g/mol. The van der Waals surface area contributed by atoms with Gasteiger partial charge in [-0.05, 0) is 49.4 Å². The van der Waals surface area contributed by atoms with Crippen LogP contribution in [0, 0.1) is 13.8 Å². The maximum Gasteiger partial charge on any atom is 0.221 e. The van der Waals surface area contributed by atoms with E-state index in [-0.39, 0.29) is 11.8 Å². The smallest absolute Gasteiger partial charge is 0.221 e. The maximum absolute atomic E-state index is 12.9. The van der Waals surface area contributed by atoms with Gasteiger partial charge in [-0.3, -0.25) is 4.79 Å². The summed E-state index contributed by atoms with van der Waals surface area (Å²) in [5.41, 5.74) is 7.41. The minimum atomic E-state index is 0.0258. The van der Waals surface area contributed by atoms with Crippen LogP contribution in [-0.4, -0.2) is 16.5 Å². The third-order valence-electron chi connectivity index (χ3n) is 6.44. The molecule has 32 heavy (non-hydrogen) atoms. The van der Waals surface area contributed by atoms with Gasteiger partial charge in [0, 0.05) is 42.0 Å². The van der Waals surface area contributed by atoms with Crippen LogP contribution in [0.1, 0.15) is 53.0 Å². The van der Waals surface area contributed by atoms with Gasteiger partial charge in [0.2, 0.25) is 5.91 Å². The van der Waals surface area contributed by atoms with Crippen LogP contribution >= 0.6 is 0 Å². The molecular weight excluding hydrogens is 392 g/mol. The van der Waals surface area contributed by atoms with Gasteiger partial charge in [-0.1, -0.05) is 77.9 Å². The van der Waals surface area contributed by atoms with Crippen molar-refractivity contribution in [1.82, 2.24) is 9.88 Å². The first-order chi connectivity index (χ1) is 15.6. The number of aryl methyl sites for hydroxylation is 2. The summed E-state index contributed by atoms with van der Waals surface area (Å²) in [5.74, 6) is 0.173. The van der Waals surface area contributed by atoms with Gasteiger partial charge in [-0.25, -0.2) is 0 Å². The van der Waals surface area contributed by atoms with E-state index >= 15 is 0 Å². The number of hydrogen-bond acceptors (Lipinski definition) is 1. The Kier molecular flexibility index (Phi) is 5.57. The molecule has 0 saturated heterocycles. The third-order valence-corrected chi connectivity index (χ3v) is 6.44. The SMILES string of the molecule is Cc1ccc(Cn2cc([C@H](CC(=O)NC3CC3)c3cccc(C)c3)c3ccccc32)cc1. The van der Waals surface area contributed by atoms with Crippen molar-refractivity contribution in [2.24, 2.45) is 0 Å². The van der Waals surface area contributed by atoms with Crippen LogP contribution < -0.4 is 5.32 Å². The lowest BCUT2D eigenvalue weighted by Gasteiger charge is -2.18. The van der Waals surface area contributed by atoms with Gasteiger partial charge in [-0.2, -0.15) is 0 Å². The zero-order chi connectivity index (χ0) is 22.1. The number of benzene rings is 3. The lowest BCUT2D eigenvalue weighted by molar-refractivity contribution is -0.121. The number of para-hydroxylation sites is 1. The van der Waals surface area contributed by atoms with Crippen LogP contribution in [0.3, 0.4) is 0 Å². The van der Waals surface area contributed by atoms with Gasteiger partial charge >= 0.3 is 0 Å². The zero-order valence-corrected chi connectivity index (χ0v) is 18.8. The predicted molar refractivity (Wildman–Crippen MR) is 131 cm³/mol. The van der Waals surface area contributed by atoms with Crippen molar-refractivity contribution < 1.29 is 4.79 Å². The van der Waals surface area contributed by atoms with Crippen LogP contribution in [0.2, 0.25) is 0 Å². The van der Waals surface area contributed by atoms with E-state index in [1.807, 2.05) is 0 Å². The normalized spacial score (nSPS) is 14.4. The number of carbonyl (C=O) groups is 1. The van der Waals surface area contributed by atoms with Crippen molar-refractivity contribution >= 4 is 16.8 Å².